The van der Waals surface area contributed by atoms with E-state index < -0.39 is 0 Å². The summed E-state index contributed by atoms with van der Waals surface area (Å²) in [7, 11) is 0. The van der Waals surface area contributed by atoms with Gasteiger partial charge in [-0.25, -0.2) is 0 Å². The van der Waals surface area contributed by atoms with Gasteiger partial charge in [0.25, 0.3) is 0 Å². The SMILES string of the molecule is CCC(N)Oc1cccc(Cl)c1. The molecule has 0 aromatic heterocycles. The summed E-state index contributed by atoms with van der Waals surface area (Å²) in [6.07, 6.45) is 0.537. The second-order valence-electron chi connectivity index (χ2n) is 2.52. The predicted octanol–water partition coefficient (Wildman–Crippen LogP) is 2.41. The standard InChI is InChI=1S/C9H12ClNO/c1-2-9(11)12-8-5-3-4-7(10)6-8/h3-6,9H,2,11H2,1H3. The highest BCUT2D eigenvalue weighted by Crippen LogP contribution is 2.17. The van der Waals surface area contributed by atoms with Crippen molar-refractivity contribution in [3.63, 3.8) is 0 Å². The number of halogens is 1. The van der Waals surface area contributed by atoms with Crippen LogP contribution in [-0.2, 0) is 0 Å². The summed E-state index contributed by atoms with van der Waals surface area (Å²) in [5.74, 6) is 0.719. The molecule has 0 aliphatic heterocycles. The van der Waals surface area contributed by atoms with E-state index in [0.29, 0.717) is 5.02 Å². The molecular formula is C9H12ClNO. The molecule has 1 atom stereocenters. The Morgan fingerprint density at radius 3 is 2.92 bits per heavy atom. The quantitative estimate of drug-likeness (QED) is 0.735. The molecule has 0 heterocycles. The van der Waals surface area contributed by atoms with E-state index in [9.17, 15) is 0 Å². The topological polar surface area (TPSA) is 35.2 Å². The first-order valence-electron chi connectivity index (χ1n) is 3.90. The molecule has 0 saturated heterocycles. The van der Waals surface area contributed by atoms with E-state index >= 15 is 0 Å². The predicted molar refractivity (Wildman–Crippen MR) is 50.3 cm³/mol. The molecule has 1 rings (SSSR count). The molecule has 1 aromatic carbocycles. The Kier molecular flexibility index (Phi) is 3.38. The molecule has 0 aliphatic rings. The Labute approximate surface area is 77.3 Å². The molecule has 2 N–H and O–H groups in total. The van der Waals surface area contributed by atoms with Crippen LogP contribution in [0.5, 0.6) is 5.75 Å². The Bertz CT molecular complexity index is 252. The highest BCUT2D eigenvalue weighted by molar-refractivity contribution is 6.30. The summed E-state index contributed by atoms with van der Waals surface area (Å²) in [6.45, 7) is 1.97. The molecule has 0 bridgehead atoms. The van der Waals surface area contributed by atoms with E-state index in [1.54, 1.807) is 12.1 Å². The van der Waals surface area contributed by atoms with Crippen molar-refractivity contribution in [3.8, 4) is 5.75 Å². The third kappa shape index (κ3) is 2.72. The molecule has 12 heavy (non-hydrogen) atoms. The first kappa shape index (κ1) is 9.36. The zero-order chi connectivity index (χ0) is 8.97. The summed E-state index contributed by atoms with van der Waals surface area (Å²) in [6, 6.07) is 7.21. The third-order valence-corrected chi connectivity index (χ3v) is 1.72. The van der Waals surface area contributed by atoms with Crippen LogP contribution in [0.1, 0.15) is 13.3 Å². The van der Waals surface area contributed by atoms with Crippen LogP contribution in [0.25, 0.3) is 0 Å². The van der Waals surface area contributed by atoms with Crippen LogP contribution in [-0.4, -0.2) is 6.23 Å². The van der Waals surface area contributed by atoms with Gasteiger partial charge in [-0.05, 0) is 24.6 Å². The van der Waals surface area contributed by atoms with Crippen molar-refractivity contribution in [1.82, 2.24) is 0 Å². The largest absolute Gasteiger partial charge is 0.476 e. The average molecular weight is 186 g/mol. The van der Waals surface area contributed by atoms with Gasteiger partial charge in [-0.1, -0.05) is 24.6 Å². The lowest BCUT2D eigenvalue weighted by Crippen LogP contribution is -2.25. The van der Waals surface area contributed by atoms with Crippen molar-refractivity contribution >= 4 is 11.6 Å². The summed E-state index contributed by atoms with van der Waals surface area (Å²) in [4.78, 5) is 0. The second kappa shape index (κ2) is 4.33. The van der Waals surface area contributed by atoms with Gasteiger partial charge < -0.3 is 4.74 Å². The smallest absolute Gasteiger partial charge is 0.147 e. The Morgan fingerprint density at radius 1 is 1.58 bits per heavy atom. The number of rotatable bonds is 3. The number of nitrogens with two attached hydrogens (primary N) is 1. The normalized spacial score (nSPS) is 12.6. The molecular weight excluding hydrogens is 174 g/mol. The van der Waals surface area contributed by atoms with Crippen molar-refractivity contribution in [2.24, 2.45) is 5.73 Å². The maximum Gasteiger partial charge on any atom is 0.147 e. The molecule has 1 unspecified atom stereocenters. The van der Waals surface area contributed by atoms with Gasteiger partial charge >= 0.3 is 0 Å². The van der Waals surface area contributed by atoms with Crippen LogP contribution >= 0.6 is 11.6 Å². The van der Waals surface area contributed by atoms with Gasteiger partial charge in [0, 0.05) is 5.02 Å². The van der Waals surface area contributed by atoms with E-state index in [1.807, 2.05) is 19.1 Å². The lowest BCUT2D eigenvalue weighted by atomic mass is 10.3. The van der Waals surface area contributed by atoms with Gasteiger partial charge in [0.2, 0.25) is 0 Å². The zero-order valence-electron chi connectivity index (χ0n) is 6.96. The van der Waals surface area contributed by atoms with Gasteiger partial charge in [0.15, 0.2) is 0 Å². The molecule has 0 spiro atoms. The van der Waals surface area contributed by atoms with Crippen LogP contribution in [0.2, 0.25) is 5.02 Å². The maximum absolute atomic E-state index is 5.75. The molecule has 0 aliphatic carbocycles. The van der Waals surface area contributed by atoms with E-state index in [2.05, 4.69) is 0 Å². The highest BCUT2D eigenvalue weighted by atomic mass is 35.5. The molecule has 0 fully saturated rings. The summed E-state index contributed by atoms with van der Waals surface area (Å²) in [5.41, 5.74) is 5.59. The minimum atomic E-state index is -0.247. The van der Waals surface area contributed by atoms with E-state index in [0.717, 1.165) is 12.2 Å². The van der Waals surface area contributed by atoms with Gasteiger partial charge in [-0.2, -0.15) is 0 Å². The Hall–Kier alpha value is -0.730. The molecule has 2 nitrogen and oxygen atoms in total. The molecule has 0 amide bonds. The number of ether oxygens (including phenoxy) is 1. The number of benzene rings is 1. The van der Waals surface area contributed by atoms with E-state index in [-0.39, 0.29) is 6.23 Å². The Morgan fingerprint density at radius 2 is 2.33 bits per heavy atom. The zero-order valence-corrected chi connectivity index (χ0v) is 7.71. The maximum atomic E-state index is 5.75. The van der Waals surface area contributed by atoms with Crippen molar-refractivity contribution in [3.05, 3.63) is 29.3 Å². The first-order chi connectivity index (χ1) is 5.72. The summed E-state index contributed by atoms with van der Waals surface area (Å²) < 4.78 is 5.34. The van der Waals surface area contributed by atoms with Crippen LogP contribution in [0.4, 0.5) is 0 Å². The monoisotopic (exact) mass is 185 g/mol. The third-order valence-electron chi connectivity index (χ3n) is 1.49. The number of hydrogen-bond donors (Lipinski definition) is 1. The second-order valence-corrected chi connectivity index (χ2v) is 2.96. The number of hydrogen-bond acceptors (Lipinski definition) is 2. The fraction of sp³-hybridized carbons (Fsp3) is 0.333. The van der Waals surface area contributed by atoms with E-state index in [1.165, 1.54) is 0 Å². The van der Waals surface area contributed by atoms with Crippen LogP contribution in [0.3, 0.4) is 0 Å². The minimum absolute atomic E-state index is 0.247. The summed E-state index contributed by atoms with van der Waals surface area (Å²) >= 11 is 5.75. The molecule has 0 saturated carbocycles. The molecule has 3 heteroatoms. The summed E-state index contributed by atoms with van der Waals surface area (Å²) in [5, 5.41) is 0.663. The van der Waals surface area contributed by atoms with Crippen molar-refractivity contribution in [1.29, 1.82) is 0 Å². The van der Waals surface area contributed by atoms with Gasteiger partial charge in [0.05, 0.1) is 0 Å². The van der Waals surface area contributed by atoms with Crippen molar-refractivity contribution in [2.45, 2.75) is 19.6 Å². The van der Waals surface area contributed by atoms with Crippen LogP contribution in [0, 0.1) is 0 Å². The van der Waals surface area contributed by atoms with Gasteiger partial charge in [-0.15, -0.1) is 0 Å². The Balaban J connectivity index is 2.63. The fourth-order valence-electron chi connectivity index (χ4n) is 0.798. The highest BCUT2D eigenvalue weighted by Gasteiger charge is 2.00. The van der Waals surface area contributed by atoms with Crippen LogP contribution in [0.15, 0.2) is 24.3 Å². The minimum Gasteiger partial charge on any atom is -0.476 e. The molecule has 0 radical (unpaired) electrons. The average Bonchev–Trinajstić information content (AvgIpc) is 2.04. The van der Waals surface area contributed by atoms with Gasteiger partial charge in [-0.3, -0.25) is 5.73 Å². The van der Waals surface area contributed by atoms with Gasteiger partial charge in [0.1, 0.15) is 12.0 Å². The fourth-order valence-corrected chi connectivity index (χ4v) is 0.979. The lowest BCUT2D eigenvalue weighted by Gasteiger charge is -2.11. The van der Waals surface area contributed by atoms with Crippen molar-refractivity contribution in [2.75, 3.05) is 0 Å². The lowest BCUT2D eigenvalue weighted by molar-refractivity contribution is 0.205. The molecule has 66 valence electrons. The van der Waals surface area contributed by atoms with E-state index in [4.69, 9.17) is 22.1 Å². The van der Waals surface area contributed by atoms with Crippen LogP contribution < -0.4 is 10.5 Å². The molecule has 1 aromatic rings. The first-order valence-corrected chi connectivity index (χ1v) is 4.28. The van der Waals surface area contributed by atoms with Crippen molar-refractivity contribution < 1.29 is 4.74 Å².